The van der Waals surface area contributed by atoms with Crippen LogP contribution in [0, 0.1) is 0 Å². The molecular weight excluding hydrogens is 439 g/mol. The topological polar surface area (TPSA) is 82.0 Å². The fourth-order valence-electron chi connectivity index (χ4n) is 2.44. The molecule has 7 nitrogen and oxygen atoms in total. The maximum Gasteiger partial charge on any atom is 0.221 e. The molecule has 0 bridgehead atoms. The molecular formula is C17H25IN2O5. The summed E-state index contributed by atoms with van der Waals surface area (Å²) in [6.45, 7) is 6.59. The number of nitrogens with one attached hydrogen (secondary N) is 2. The molecule has 1 aromatic heterocycles. The molecule has 2 N–H and O–H groups in total. The standard InChI is InChI=1S/C17H24N2O5.HI/c1-10(2)18-7-9-24-16-13(19-11(3)20)14(21-4)12-6-8-23-15(12)17(16)22-5;/h6,8,10,18H,7,9H2,1-5H3,(H,19,20);1H. The third-order valence-corrected chi connectivity index (χ3v) is 3.39. The van der Waals surface area contributed by atoms with Gasteiger partial charge in [0.15, 0.2) is 17.1 Å². The summed E-state index contributed by atoms with van der Waals surface area (Å²) >= 11 is 0. The Morgan fingerprint density at radius 3 is 2.44 bits per heavy atom. The summed E-state index contributed by atoms with van der Waals surface area (Å²) in [4.78, 5) is 11.6. The largest absolute Gasteiger partial charge is 0.494 e. The maximum absolute atomic E-state index is 11.6. The number of ether oxygens (including phenoxy) is 3. The molecule has 0 atom stereocenters. The van der Waals surface area contributed by atoms with Gasteiger partial charge in [0, 0.05) is 19.5 Å². The number of hydrogen-bond acceptors (Lipinski definition) is 6. The highest BCUT2D eigenvalue weighted by Gasteiger charge is 2.25. The van der Waals surface area contributed by atoms with Gasteiger partial charge in [-0.3, -0.25) is 4.79 Å². The lowest BCUT2D eigenvalue weighted by Crippen LogP contribution is -2.27. The van der Waals surface area contributed by atoms with E-state index in [1.807, 2.05) is 0 Å². The zero-order valence-corrected chi connectivity index (χ0v) is 17.4. The first-order chi connectivity index (χ1) is 11.5. The van der Waals surface area contributed by atoms with Crippen LogP contribution in [0.5, 0.6) is 17.2 Å². The molecule has 0 fully saturated rings. The first kappa shape index (κ1) is 21.4. The van der Waals surface area contributed by atoms with Crippen molar-refractivity contribution in [2.45, 2.75) is 26.8 Å². The Kier molecular flexibility index (Phi) is 8.30. The van der Waals surface area contributed by atoms with E-state index in [1.54, 1.807) is 6.07 Å². The van der Waals surface area contributed by atoms with Crippen LogP contribution in [0.2, 0.25) is 0 Å². The number of carbonyl (C=O) groups is 1. The van der Waals surface area contributed by atoms with E-state index in [-0.39, 0.29) is 29.9 Å². The van der Waals surface area contributed by atoms with Crippen LogP contribution in [0.1, 0.15) is 20.8 Å². The van der Waals surface area contributed by atoms with Crippen LogP contribution in [0.4, 0.5) is 5.69 Å². The van der Waals surface area contributed by atoms with Gasteiger partial charge in [-0.25, -0.2) is 0 Å². The Balaban J connectivity index is 0.00000312. The molecule has 140 valence electrons. The fourth-order valence-corrected chi connectivity index (χ4v) is 2.44. The first-order valence-electron chi connectivity index (χ1n) is 7.78. The summed E-state index contributed by atoms with van der Waals surface area (Å²) < 4.78 is 22.3. The van der Waals surface area contributed by atoms with Crippen molar-refractivity contribution in [1.82, 2.24) is 5.32 Å². The molecule has 0 aliphatic rings. The normalized spacial score (nSPS) is 10.5. The van der Waals surface area contributed by atoms with E-state index in [1.165, 1.54) is 27.4 Å². The van der Waals surface area contributed by atoms with Gasteiger partial charge in [0.05, 0.1) is 25.9 Å². The SMILES string of the molecule is COc1c(NC(C)=O)c(OCCNC(C)C)c(OC)c2occc12.I. The van der Waals surface area contributed by atoms with Crippen molar-refractivity contribution >= 4 is 46.5 Å². The monoisotopic (exact) mass is 464 g/mol. The number of amides is 1. The molecule has 25 heavy (non-hydrogen) atoms. The zero-order chi connectivity index (χ0) is 17.7. The zero-order valence-electron chi connectivity index (χ0n) is 15.1. The van der Waals surface area contributed by atoms with E-state index >= 15 is 0 Å². The summed E-state index contributed by atoms with van der Waals surface area (Å²) in [7, 11) is 3.06. The van der Waals surface area contributed by atoms with E-state index in [0.29, 0.717) is 53.1 Å². The second-order valence-electron chi connectivity index (χ2n) is 5.57. The number of methoxy groups -OCH3 is 2. The van der Waals surface area contributed by atoms with Crippen LogP contribution >= 0.6 is 24.0 Å². The van der Waals surface area contributed by atoms with Gasteiger partial charge < -0.3 is 29.3 Å². The predicted octanol–water partition coefficient (Wildman–Crippen LogP) is 3.40. The number of benzene rings is 1. The van der Waals surface area contributed by atoms with Crippen LogP contribution < -0.4 is 24.8 Å². The van der Waals surface area contributed by atoms with Crippen molar-refractivity contribution in [2.75, 3.05) is 32.7 Å². The number of anilines is 1. The van der Waals surface area contributed by atoms with Gasteiger partial charge in [-0.1, -0.05) is 13.8 Å². The molecule has 0 radical (unpaired) electrons. The van der Waals surface area contributed by atoms with Crippen LogP contribution in [-0.2, 0) is 4.79 Å². The van der Waals surface area contributed by atoms with E-state index in [2.05, 4.69) is 24.5 Å². The Hall–Kier alpha value is -1.68. The molecule has 8 heteroatoms. The van der Waals surface area contributed by atoms with E-state index in [9.17, 15) is 4.79 Å². The van der Waals surface area contributed by atoms with Crippen LogP contribution in [0.25, 0.3) is 11.0 Å². The van der Waals surface area contributed by atoms with Gasteiger partial charge in [0.1, 0.15) is 12.3 Å². The van der Waals surface area contributed by atoms with E-state index in [4.69, 9.17) is 18.6 Å². The number of halogens is 1. The van der Waals surface area contributed by atoms with Gasteiger partial charge in [-0.15, -0.1) is 24.0 Å². The minimum absolute atomic E-state index is 0. The molecule has 0 saturated heterocycles. The number of furan rings is 1. The lowest BCUT2D eigenvalue weighted by molar-refractivity contribution is -0.114. The van der Waals surface area contributed by atoms with Gasteiger partial charge in [-0.05, 0) is 6.07 Å². The lowest BCUT2D eigenvalue weighted by atomic mass is 10.1. The van der Waals surface area contributed by atoms with Crippen molar-refractivity contribution in [3.05, 3.63) is 12.3 Å². The average Bonchev–Trinajstić information content (AvgIpc) is 2.99. The third kappa shape index (κ3) is 4.91. The summed E-state index contributed by atoms with van der Waals surface area (Å²) in [6.07, 6.45) is 1.54. The molecule has 0 spiro atoms. The van der Waals surface area contributed by atoms with Gasteiger partial charge in [0.25, 0.3) is 0 Å². The van der Waals surface area contributed by atoms with Crippen molar-refractivity contribution in [1.29, 1.82) is 0 Å². The Labute approximate surface area is 164 Å². The summed E-state index contributed by atoms with van der Waals surface area (Å²) in [5.41, 5.74) is 0.940. The highest BCUT2D eigenvalue weighted by Crippen LogP contribution is 2.49. The highest BCUT2D eigenvalue weighted by atomic mass is 127. The highest BCUT2D eigenvalue weighted by molar-refractivity contribution is 14.0. The Morgan fingerprint density at radius 2 is 1.88 bits per heavy atom. The second kappa shape index (κ2) is 9.71. The Morgan fingerprint density at radius 1 is 1.20 bits per heavy atom. The molecule has 0 saturated carbocycles. The minimum Gasteiger partial charge on any atom is -0.494 e. The molecule has 2 rings (SSSR count). The van der Waals surface area contributed by atoms with Gasteiger partial charge in [-0.2, -0.15) is 0 Å². The molecule has 2 aromatic rings. The fraction of sp³-hybridized carbons (Fsp3) is 0.471. The maximum atomic E-state index is 11.6. The molecule has 0 unspecified atom stereocenters. The van der Waals surface area contributed by atoms with Crippen molar-refractivity contribution in [3.63, 3.8) is 0 Å². The van der Waals surface area contributed by atoms with Gasteiger partial charge >= 0.3 is 0 Å². The van der Waals surface area contributed by atoms with E-state index in [0.717, 1.165) is 0 Å². The van der Waals surface area contributed by atoms with Crippen molar-refractivity contribution in [2.24, 2.45) is 0 Å². The van der Waals surface area contributed by atoms with Crippen molar-refractivity contribution < 1.29 is 23.4 Å². The lowest BCUT2D eigenvalue weighted by Gasteiger charge is -2.19. The van der Waals surface area contributed by atoms with E-state index < -0.39 is 0 Å². The number of hydrogen-bond donors (Lipinski definition) is 2. The molecule has 0 aliphatic heterocycles. The molecule has 0 aliphatic carbocycles. The molecule has 1 aromatic carbocycles. The third-order valence-electron chi connectivity index (χ3n) is 3.39. The minimum atomic E-state index is -0.233. The first-order valence-corrected chi connectivity index (χ1v) is 7.78. The van der Waals surface area contributed by atoms with Crippen LogP contribution in [0.15, 0.2) is 16.7 Å². The molecule has 1 heterocycles. The van der Waals surface area contributed by atoms with Crippen molar-refractivity contribution in [3.8, 4) is 17.2 Å². The number of fused-ring (bicyclic) bond motifs is 1. The average molecular weight is 464 g/mol. The van der Waals surface area contributed by atoms with Gasteiger partial charge in [0.2, 0.25) is 11.7 Å². The Bertz CT molecular complexity index is 715. The quantitative estimate of drug-likeness (QED) is 0.461. The number of carbonyl (C=O) groups excluding carboxylic acids is 1. The van der Waals surface area contributed by atoms with Crippen LogP contribution in [0.3, 0.4) is 0 Å². The van der Waals surface area contributed by atoms with Crippen LogP contribution in [-0.4, -0.2) is 39.3 Å². The summed E-state index contributed by atoms with van der Waals surface area (Å²) in [5, 5.41) is 6.73. The predicted molar refractivity (Wildman–Crippen MR) is 108 cm³/mol. The summed E-state index contributed by atoms with van der Waals surface area (Å²) in [5.74, 6) is 1.05. The second-order valence-corrected chi connectivity index (χ2v) is 5.57. The molecule has 1 amide bonds. The number of rotatable bonds is 8. The summed E-state index contributed by atoms with van der Waals surface area (Å²) in [6, 6.07) is 2.11. The smallest absolute Gasteiger partial charge is 0.221 e.